The van der Waals surface area contributed by atoms with Crippen LogP contribution in [0.1, 0.15) is 12.0 Å². The number of nitrogens with one attached hydrogen (secondary N) is 1. The topological polar surface area (TPSA) is 96.8 Å². The molecule has 7 nitrogen and oxygen atoms in total. The Morgan fingerprint density at radius 1 is 1.50 bits per heavy atom. The number of nitrogens with zero attached hydrogens (tertiary/aromatic N) is 4. The van der Waals surface area contributed by atoms with E-state index in [0.29, 0.717) is 12.2 Å². The molecule has 102 valence electrons. The van der Waals surface area contributed by atoms with E-state index in [1.54, 1.807) is 24.7 Å². The highest BCUT2D eigenvalue weighted by molar-refractivity contribution is 5.63. The molecule has 20 heavy (non-hydrogen) atoms. The molecule has 0 aliphatic carbocycles. The highest BCUT2D eigenvalue weighted by Gasteiger charge is 2.13. The van der Waals surface area contributed by atoms with Crippen LogP contribution in [0, 0.1) is 21.4 Å². The zero-order valence-electron chi connectivity index (χ0n) is 10.7. The van der Waals surface area contributed by atoms with Crippen molar-refractivity contribution in [2.75, 3.05) is 11.9 Å². The average molecular weight is 271 g/mol. The maximum Gasteiger partial charge on any atom is 0.293 e. The van der Waals surface area contributed by atoms with Gasteiger partial charge in [-0.2, -0.15) is 5.26 Å². The molecule has 1 aromatic carbocycles. The van der Waals surface area contributed by atoms with Crippen molar-refractivity contribution in [2.24, 2.45) is 0 Å². The molecule has 2 aromatic rings. The number of imidazole rings is 1. The number of benzene rings is 1. The van der Waals surface area contributed by atoms with E-state index in [-0.39, 0.29) is 11.3 Å². The number of nitro benzene ring substituents is 1. The van der Waals surface area contributed by atoms with Gasteiger partial charge in [0.25, 0.3) is 5.69 Å². The van der Waals surface area contributed by atoms with Gasteiger partial charge in [0.1, 0.15) is 5.69 Å². The zero-order chi connectivity index (χ0) is 14.4. The number of anilines is 1. The lowest BCUT2D eigenvalue weighted by Gasteiger charge is -2.07. The molecular formula is C13H13N5O2. The zero-order valence-corrected chi connectivity index (χ0v) is 10.7. The molecule has 0 fully saturated rings. The van der Waals surface area contributed by atoms with Crippen molar-refractivity contribution in [3.05, 3.63) is 52.6 Å². The van der Waals surface area contributed by atoms with Crippen molar-refractivity contribution < 1.29 is 4.92 Å². The molecule has 0 unspecified atom stereocenters. The molecule has 1 N–H and O–H groups in total. The fraction of sp³-hybridized carbons (Fsp3) is 0.231. The Morgan fingerprint density at radius 3 is 3.00 bits per heavy atom. The summed E-state index contributed by atoms with van der Waals surface area (Å²) >= 11 is 0. The summed E-state index contributed by atoms with van der Waals surface area (Å²) in [6.07, 6.45) is 6.11. The third kappa shape index (κ3) is 3.32. The first-order valence-corrected chi connectivity index (χ1v) is 6.09. The van der Waals surface area contributed by atoms with Gasteiger partial charge in [-0.05, 0) is 18.6 Å². The first-order chi connectivity index (χ1) is 9.70. The predicted octanol–water partition coefficient (Wildman–Crippen LogP) is 2.17. The van der Waals surface area contributed by atoms with Crippen LogP contribution in [0.2, 0.25) is 0 Å². The summed E-state index contributed by atoms with van der Waals surface area (Å²) in [5.41, 5.74) is 0.631. The van der Waals surface area contributed by atoms with Crippen molar-refractivity contribution in [2.45, 2.75) is 13.0 Å². The second kappa shape index (κ2) is 6.33. The lowest BCUT2D eigenvalue weighted by molar-refractivity contribution is -0.384. The highest BCUT2D eigenvalue weighted by Crippen LogP contribution is 2.25. The molecule has 1 heterocycles. The van der Waals surface area contributed by atoms with Crippen LogP contribution >= 0.6 is 0 Å². The van der Waals surface area contributed by atoms with E-state index < -0.39 is 4.92 Å². The summed E-state index contributed by atoms with van der Waals surface area (Å²) in [6, 6.07) is 6.29. The number of hydrogen-bond acceptors (Lipinski definition) is 5. The van der Waals surface area contributed by atoms with E-state index >= 15 is 0 Å². The molecular weight excluding hydrogens is 258 g/mol. The molecule has 0 radical (unpaired) electrons. The van der Waals surface area contributed by atoms with Gasteiger partial charge in [0.2, 0.25) is 0 Å². The van der Waals surface area contributed by atoms with Crippen molar-refractivity contribution >= 4 is 11.4 Å². The van der Waals surface area contributed by atoms with Gasteiger partial charge in [0, 0.05) is 31.5 Å². The highest BCUT2D eigenvalue weighted by atomic mass is 16.6. The number of aromatic nitrogens is 2. The Labute approximate surface area is 115 Å². The van der Waals surface area contributed by atoms with E-state index in [4.69, 9.17) is 5.26 Å². The van der Waals surface area contributed by atoms with Gasteiger partial charge in [-0.25, -0.2) is 4.98 Å². The van der Waals surface area contributed by atoms with E-state index in [0.717, 1.165) is 13.0 Å². The Balaban J connectivity index is 1.95. The SMILES string of the molecule is N#Cc1ccc(NCCCn2ccnc2)c([N+](=O)[O-])c1. The van der Waals surface area contributed by atoms with Gasteiger partial charge >= 0.3 is 0 Å². The quantitative estimate of drug-likeness (QED) is 0.493. The van der Waals surface area contributed by atoms with Crippen LogP contribution in [-0.2, 0) is 6.54 Å². The number of aryl methyl sites for hydroxylation is 1. The van der Waals surface area contributed by atoms with Crippen LogP contribution in [0.15, 0.2) is 36.9 Å². The third-order valence-electron chi connectivity index (χ3n) is 2.79. The lowest BCUT2D eigenvalue weighted by Crippen LogP contribution is -2.07. The number of hydrogen-bond donors (Lipinski definition) is 1. The minimum Gasteiger partial charge on any atom is -0.379 e. The Kier molecular flexibility index (Phi) is 4.29. The molecule has 0 amide bonds. The molecule has 0 spiro atoms. The summed E-state index contributed by atoms with van der Waals surface area (Å²) < 4.78 is 1.94. The summed E-state index contributed by atoms with van der Waals surface area (Å²) in [7, 11) is 0. The lowest BCUT2D eigenvalue weighted by atomic mass is 10.2. The summed E-state index contributed by atoms with van der Waals surface area (Å²) in [5.74, 6) is 0. The van der Waals surface area contributed by atoms with Gasteiger partial charge in [-0.15, -0.1) is 0 Å². The number of nitro groups is 1. The minimum atomic E-state index is -0.487. The molecule has 0 atom stereocenters. The Hall–Kier alpha value is -2.88. The first kappa shape index (κ1) is 13.5. The first-order valence-electron chi connectivity index (χ1n) is 6.09. The monoisotopic (exact) mass is 271 g/mol. The van der Waals surface area contributed by atoms with Crippen LogP contribution in [-0.4, -0.2) is 21.0 Å². The molecule has 1 aromatic heterocycles. The number of nitriles is 1. The molecule has 0 aliphatic rings. The molecule has 0 aliphatic heterocycles. The van der Waals surface area contributed by atoms with E-state index in [1.807, 2.05) is 16.8 Å². The van der Waals surface area contributed by atoms with Crippen LogP contribution in [0.4, 0.5) is 11.4 Å². The van der Waals surface area contributed by atoms with Gasteiger partial charge in [0.05, 0.1) is 22.9 Å². The van der Waals surface area contributed by atoms with Crippen molar-refractivity contribution in [3.63, 3.8) is 0 Å². The minimum absolute atomic E-state index is 0.0771. The fourth-order valence-corrected chi connectivity index (χ4v) is 1.81. The second-order valence-corrected chi connectivity index (χ2v) is 4.18. The van der Waals surface area contributed by atoms with Gasteiger partial charge in [-0.1, -0.05) is 0 Å². The molecule has 2 rings (SSSR count). The molecule has 0 saturated carbocycles. The Morgan fingerprint density at radius 2 is 2.35 bits per heavy atom. The normalized spacial score (nSPS) is 9.95. The fourth-order valence-electron chi connectivity index (χ4n) is 1.81. The van der Waals surface area contributed by atoms with Crippen LogP contribution in [0.3, 0.4) is 0 Å². The van der Waals surface area contributed by atoms with Gasteiger partial charge in [-0.3, -0.25) is 10.1 Å². The molecule has 7 heteroatoms. The molecule has 0 bridgehead atoms. The summed E-state index contributed by atoms with van der Waals surface area (Å²) in [6.45, 7) is 1.39. The van der Waals surface area contributed by atoms with Crippen LogP contribution in [0.25, 0.3) is 0 Å². The summed E-state index contributed by atoms with van der Waals surface area (Å²) in [4.78, 5) is 14.4. The predicted molar refractivity (Wildman–Crippen MR) is 73.1 cm³/mol. The molecule has 0 saturated heterocycles. The van der Waals surface area contributed by atoms with Crippen LogP contribution < -0.4 is 5.32 Å². The van der Waals surface area contributed by atoms with Gasteiger partial charge in [0.15, 0.2) is 0 Å². The standard InChI is InChI=1S/C13H13N5O2/c14-9-11-2-3-12(13(8-11)18(19)20)16-4-1-6-17-7-5-15-10-17/h2-3,5,7-8,10,16H,1,4,6H2. The Bertz CT molecular complexity index is 631. The number of rotatable bonds is 6. The van der Waals surface area contributed by atoms with Crippen molar-refractivity contribution in [1.29, 1.82) is 5.26 Å². The maximum absolute atomic E-state index is 11.0. The average Bonchev–Trinajstić information content (AvgIpc) is 2.96. The smallest absolute Gasteiger partial charge is 0.293 e. The van der Waals surface area contributed by atoms with Crippen molar-refractivity contribution in [1.82, 2.24) is 9.55 Å². The van der Waals surface area contributed by atoms with E-state index in [2.05, 4.69) is 10.3 Å². The third-order valence-corrected chi connectivity index (χ3v) is 2.79. The van der Waals surface area contributed by atoms with Gasteiger partial charge < -0.3 is 9.88 Å². The largest absolute Gasteiger partial charge is 0.379 e. The summed E-state index contributed by atoms with van der Waals surface area (Å²) in [5, 5.41) is 22.7. The van der Waals surface area contributed by atoms with Crippen molar-refractivity contribution in [3.8, 4) is 6.07 Å². The maximum atomic E-state index is 11.0. The van der Waals surface area contributed by atoms with Crippen LogP contribution in [0.5, 0.6) is 0 Å². The van der Waals surface area contributed by atoms with E-state index in [1.165, 1.54) is 6.07 Å². The second-order valence-electron chi connectivity index (χ2n) is 4.18. The van der Waals surface area contributed by atoms with E-state index in [9.17, 15) is 10.1 Å².